The van der Waals surface area contributed by atoms with E-state index in [0.29, 0.717) is 6.04 Å². The van der Waals surface area contributed by atoms with Gasteiger partial charge in [-0.1, -0.05) is 0 Å². The first-order chi connectivity index (χ1) is 9.92. The van der Waals surface area contributed by atoms with Crippen LogP contribution in [0.4, 0.5) is 11.5 Å². The van der Waals surface area contributed by atoms with Gasteiger partial charge in [-0.25, -0.2) is 4.98 Å². The molecular formula is C16H24N4. The third-order valence-electron chi connectivity index (χ3n) is 5.14. The van der Waals surface area contributed by atoms with Crippen LogP contribution < -0.4 is 10.2 Å². The summed E-state index contributed by atoms with van der Waals surface area (Å²) in [5.41, 5.74) is 1.24. The summed E-state index contributed by atoms with van der Waals surface area (Å²) in [6.07, 6.45) is 8.53. The third-order valence-corrected chi connectivity index (χ3v) is 5.14. The normalized spacial score (nSPS) is 29.9. The van der Waals surface area contributed by atoms with Crippen molar-refractivity contribution in [2.45, 2.75) is 44.2 Å². The van der Waals surface area contributed by atoms with E-state index in [1.54, 1.807) is 0 Å². The van der Waals surface area contributed by atoms with Crippen LogP contribution in [0.2, 0.25) is 0 Å². The Bertz CT molecular complexity index is 469. The number of hydrogen-bond acceptors (Lipinski definition) is 4. The number of aromatic nitrogens is 1. The fraction of sp³-hybridized carbons (Fsp3) is 0.688. The van der Waals surface area contributed by atoms with Crippen molar-refractivity contribution in [2.75, 3.05) is 36.4 Å². The van der Waals surface area contributed by atoms with Crippen molar-refractivity contribution >= 4 is 11.5 Å². The lowest BCUT2D eigenvalue weighted by Crippen LogP contribution is -2.34. The van der Waals surface area contributed by atoms with Crippen molar-refractivity contribution in [2.24, 2.45) is 0 Å². The molecule has 0 aromatic carbocycles. The molecule has 2 unspecified atom stereocenters. The first kappa shape index (κ1) is 12.5. The maximum absolute atomic E-state index is 4.64. The molecule has 20 heavy (non-hydrogen) atoms. The Labute approximate surface area is 121 Å². The summed E-state index contributed by atoms with van der Waals surface area (Å²) in [7, 11) is 0. The summed E-state index contributed by atoms with van der Waals surface area (Å²) >= 11 is 0. The van der Waals surface area contributed by atoms with E-state index < -0.39 is 0 Å². The molecule has 3 saturated heterocycles. The van der Waals surface area contributed by atoms with Crippen LogP contribution in [-0.4, -0.2) is 48.1 Å². The maximum atomic E-state index is 4.64. The predicted octanol–water partition coefficient (Wildman–Crippen LogP) is 2.33. The molecule has 4 heteroatoms. The van der Waals surface area contributed by atoms with Crippen LogP contribution in [-0.2, 0) is 0 Å². The van der Waals surface area contributed by atoms with Gasteiger partial charge in [0.1, 0.15) is 0 Å². The van der Waals surface area contributed by atoms with Gasteiger partial charge in [0.2, 0.25) is 0 Å². The molecule has 1 N–H and O–H groups in total. The summed E-state index contributed by atoms with van der Waals surface area (Å²) in [4.78, 5) is 9.73. The van der Waals surface area contributed by atoms with E-state index >= 15 is 0 Å². The predicted molar refractivity (Wildman–Crippen MR) is 82.3 cm³/mol. The minimum absolute atomic E-state index is 0.614. The molecule has 0 aliphatic carbocycles. The number of anilines is 2. The number of nitrogens with zero attached hydrogens (tertiary/aromatic N) is 3. The summed E-state index contributed by atoms with van der Waals surface area (Å²) in [6, 6.07) is 5.63. The monoisotopic (exact) mass is 272 g/mol. The Morgan fingerprint density at radius 3 is 2.85 bits per heavy atom. The van der Waals surface area contributed by atoms with E-state index in [0.717, 1.165) is 19.1 Å². The summed E-state index contributed by atoms with van der Waals surface area (Å²) in [5, 5.41) is 3.81. The first-order valence-corrected chi connectivity index (χ1v) is 8.12. The second kappa shape index (κ2) is 5.24. The Balaban J connectivity index is 1.53. The van der Waals surface area contributed by atoms with Crippen LogP contribution in [0.1, 0.15) is 32.1 Å². The lowest BCUT2D eigenvalue weighted by Gasteiger charge is -2.26. The SMILES string of the molecule is c1cnc(N2CCCC2)c(NC2CCN3CCCC23)c1. The van der Waals surface area contributed by atoms with Crippen molar-refractivity contribution in [3.63, 3.8) is 0 Å². The van der Waals surface area contributed by atoms with Gasteiger partial charge in [-0.3, -0.25) is 4.90 Å². The van der Waals surface area contributed by atoms with Gasteiger partial charge in [-0.05, 0) is 50.8 Å². The fourth-order valence-electron chi connectivity index (χ4n) is 4.14. The first-order valence-electron chi connectivity index (χ1n) is 8.12. The van der Waals surface area contributed by atoms with E-state index in [9.17, 15) is 0 Å². The fourth-order valence-corrected chi connectivity index (χ4v) is 4.14. The van der Waals surface area contributed by atoms with Crippen LogP contribution in [0.5, 0.6) is 0 Å². The van der Waals surface area contributed by atoms with Crippen molar-refractivity contribution in [3.8, 4) is 0 Å². The highest BCUT2D eigenvalue weighted by Gasteiger charge is 2.37. The average Bonchev–Trinajstić information content (AvgIpc) is 3.18. The Hall–Kier alpha value is -1.29. The topological polar surface area (TPSA) is 31.4 Å². The third kappa shape index (κ3) is 2.16. The summed E-state index contributed by atoms with van der Waals surface area (Å²) in [5.74, 6) is 1.17. The standard InChI is InChI=1S/C16H24N4/c1-2-10-20(9-1)16-14(5-3-8-17-16)18-13-7-12-19-11-4-6-15(13)19/h3,5,8,13,15,18H,1-2,4,6-7,9-12H2. The van der Waals surface area contributed by atoms with Gasteiger partial charge in [0, 0.05) is 37.9 Å². The summed E-state index contributed by atoms with van der Waals surface area (Å²) < 4.78 is 0. The second-order valence-electron chi connectivity index (χ2n) is 6.35. The minimum atomic E-state index is 0.614. The summed E-state index contributed by atoms with van der Waals surface area (Å²) in [6.45, 7) is 4.88. The molecule has 0 saturated carbocycles. The number of rotatable bonds is 3. The quantitative estimate of drug-likeness (QED) is 0.915. The number of hydrogen-bond donors (Lipinski definition) is 1. The van der Waals surface area contributed by atoms with Gasteiger partial charge >= 0.3 is 0 Å². The molecule has 0 bridgehead atoms. The van der Waals surface area contributed by atoms with Gasteiger partial charge in [-0.2, -0.15) is 0 Å². The van der Waals surface area contributed by atoms with Crippen LogP contribution in [0, 0.1) is 0 Å². The molecule has 4 heterocycles. The van der Waals surface area contributed by atoms with Gasteiger partial charge in [0.15, 0.2) is 5.82 Å². The van der Waals surface area contributed by atoms with E-state index in [-0.39, 0.29) is 0 Å². The van der Waals surface area contributed by atoms with Gasteiger partial charge < -0.3 is 10.2 Å². The molecule has 2 atom stereocenters. The molecule has 108 valence electrons. The molecule has 3 fully saturated rings. The largest absolute Gasteiger partial charge is 0.378 e. The van der Waals surface area contributed by atoms with Gasteiger partial charge in [-0.15, -0.1) is 0 Å². The molecule has 3 aliphatic rings. The zero-order valence-corrected chi connectivity index (χ0v) is 12.1. The highest BCUT2D eigenvalue weighted by atomic mass is 15.3. The number of nitrogens with one attached hydrogen (secondary N) is 1. The Kier molecular flexibility index (Phi) is 3.26. The highest BCUT2D eigenvalue weighted by molar-refractivity contribution is 5.66. The van der Waals surface area contributed by atoms with E-state index in [4.69, 9.17) is 0 Å². The lowest BCUT2D eigenvalue weighted by atomic mass is 10.1. The molecular weight excluding hydrogens is 248 g/mol. The van der Waals surface area contributed by atoms with Crippen molar-refractivity contribution in [1.82, 2.24) is 9.88 Å². The molecule has 4 rings (SSSR count). The van der Waals surface area contributed by atoms with E-state index in [1.165, 1.54) is 56.7 Å². The minimum Gasteiger partial charge on any atom is -0.378 e. The van der Waals surface area contributed by atoms with E-state index in [1.807, 2.05) is 6.20 Å². The maximum Gasteiger partial charge on any atom is 0.151 e. The zero-order chi connectivity index (χ0) is 13.4. The zero-order valence-electron chi connectivity index (χ0n) is 12.1. The van der Waals surface area contributed by atoms with Crippen LogP contribution >= 0.6 is 0 Å². The van der Waals surface area contributed by atoms with Crippen molar-refractivity contribution in [3.05, 3.63) is 18.3 Å². The molecule has 0 amide bonds. The van der Waals surface area contributed by atoms with Gasteiger partial charge in [0.05, 0.1) is 5.69 Å². The molecule has 4 nitrogen and oxygen atoms in total. The Morgan fingerprint density at radius 2 is 1.95 bits per heavy atom. The average molecular weight is 272 g/mol. The molecule has 0 spiro atoms. The highest BCUT2D eigenvalue weighted by Crippen LogP contribution is 2.33. The smallest absolute Gasteiger partial charge is 0.151 e. The number of pyridine rings is 1. The van der Waals surface area contributed by atoms with Crippen LogP contribution in [0.15, 0.2) is 18.3 Å². The van der Waals surface area contributed by atoms with Crippen LogP contribution in [0.3, 0.4) is 0 Å². The number of fused-ring (bicyclic) bond motifs is 1. The molecule has 1 aromatic heterocycles. The molecule has 1 aromatic rings. The van der Waals surface area contributed by atoms with Crippen molar-refractivity contribution in [1.29, 1.82) is 0 Å². The van der Waals surface area contributed by atoms with Gasteiger partial charge in [0.25, 0.3) is 0 Å². The molecule has 3 aliphatic heterocycles. The second-order valence-corrected chi connectivity index (χ2v) is 6.35. The van der Waals surface area contributed by atoms with Crippen molar-refractivity contribution < 1.29 is 0 Å². The molecule has 0 radical (unpaired) electrons. The van der Waals surface area contributed by atoms with Crippen LogP contribution in [0.25, 0.3) is 0 Å². The Morgan fingerprint density at radius 1 is 1.05 bits per heavy atom. The lowest BCUT2D eigenvalue weighted by molar-refractivity contribution is 0.318. The van der Waals surface area contributed by atoms with E-state index in [2.05, 4.69) is 32.2 Å².